The highest BCUT2D eigenvalue weighted by Gasteiger charge is 2.25. The van der Waals surface area contributed by atoms with Crippen molar-refractivity contribution in [3.63, 3.8) is 0 Å². The molecule has 0 atom stereocenters. The largest absolute Gasteiger partial charge is 0.321 e. The topological polar surface area (TPSA) is 109 Å². The lowest BCUT2D eigenvalue weighted by molar-refractivity contribution is 0.102. The normalized spacial score (nSPS) is 12.6. The summed E-state index contributed by atoms with van der Waals surface area (Å²) in [6, 6.07) is 9.64. The predicted octanol–water partition coefficient (Wildman–Crippen LogP) is 3.07. The van der Waals surface area contributed by atoms with Crippen molar-refractivity contribution >= 4 is 43.1 Å². The molecular formula is C18H21ClN2O5S2. The lowest BCUT2D eigenvalue weighted by Crippen LogP contribution is -2.40. The zero-order valence-corrected chi connectivity index (χ0v) is 18.2. The molecule has 0 heterocycles. The number of halogens is 1. The van der Waals surface area contributed by atoms with Crippen LogP contribution in [0, 0.1) is 0 Å². The minimum Gasteiger partial charge on any atom is -0.321 e. The van der Waals surface area contributed by atoms with Gasteiger partial charge < -0.3 is 5.32 Å². The number of nitrogens with one attached hydrogen (secondary N) is 2. The van der Waals surface area contributed by atoms with Crippen LogP contribution in [-0.4, -0.2) is 34.5 Å². The van der Waals surface area contributed by atoms with E-state index in [-0.39, 0.29) is 26.1 Å². The maximum atomic E-state index is 12.7. The van der Waals surface area contributed by atoms with E-state index in [1.165, 1.54) is 30.3 Å². The van der Waals surface area contributed by atoms with Gasteiger partial charge in [-0.1, -0.05) is 23.7 Å². The predicted molar refractivity (Wildman–Crippen MR) is 109 cm³/mol. The molecule has 2 rings (SSSR count). The Hall–Kier alpha value is -1.94. The molecule has 0 aliphatic rings. The molecule has 0 aliphatic heterocycles. The first-order valence-electron chi connectivity index (χ1n) is 8.15. The smallest absolute Gasteiger partial charge is 0.257 e. The van der Waals surface area contributed by atoms with Crippen molar-refractivity contribution in [2.24, 2.45) is 0 Å². The first-order chi connectivity index (χ1) is 12.7. The van der Waals surface area contributed by atoms with Gasteiger partial charge >= 0.3 is 0 Å². The summed E-state index contributed by atoms with van der Waals surface area (Å²) < 4.78 is 51.3. The van der Waals surface area contributed by atoms with Gasteiger partial charge in [-0.3, -0.25) is 4.79 Å². The van der Waals surface area contributed by atoms with Crippen molar-refractivity contribution in [1.29, 1.82) is 0 Å². The lowest BCUT2D eigenvalue weighted by Gasteiger charge is -2.21. The summed E-state index contributed by atoms with van der Waals surface area (Å²) >= 11 is 6.04. The van der Waals surface area contributed by atoms with Crippen LogP contribution in [0.15, 0.2) is 52.3 Å². The van der Waals surface area contributed by atoms with Crippen molar-refractivity contribution < 1.29 is 21.6 Å². The van der Waals surface area contributed by atoms with E-state index in [0.717, 1.165) is 12.3 Å². The van der Waals surface area contributed by atoms with Crippen molar-refractivity contribution in [2.45, 2.75) is 36.1 Å². The first kappa shape index (κ1) is 22.4. The fraction of sp³-hybridized carbons (Fsp3) is 0.278. The van der Waals surface area contributed by atoms with E-state index in [4.69, 9.17) is 11.6 Å². The molecule has 2 N–H and O–H groups in total. The second-order valence-electron chi connectivity index (χ2n) is 7.22. The second kappa shape index (κ2) is 7.82. The Morgan fingerprint density at radius 2 is 1.61 bits per heavy atom. The Morgan fingerprint density at radius 1 is 1.00 bits per heavy atom. The summed E-state index contributed by atoms with van der Waals surface area (Å²) in [7, 11) is -7.46. The molecule has 0 fully saturated rings. The van der Waals surface area contributed by atoms with Crippen LogP contribution in [0.2, 0.25) is 5.02 Å². The number of para-hydroxylation sites is 1. The highest BCUT2D eigenvalue weighted by atomic mass is 35.5. The molecule has 0 aliphatic carbocycles. The van der Waals surface area contributed by atoms with Gasteiger partial charge in [0.15, 0.2) is 9.84 Å². The summed E-state index contributed by atoms with van der Waals surface area (Å²) in [5, 5.41) is 2.54. The Balaban J connectivity index is 2.45. The Labute approximate surface area is 170 Å². The lowest BCUT2D eigenvalue weighted by atomic mass is 10.1. The van der Waals surface area contributed by atoms with Crippen molar-refractivity contribution in [3.05, 3.63) is 53.1 Å². The first-order valence-corrected chi connectivity index (χ1v) is 11.9. The molecule has 0 radical (unpaired) electrons. The molecule has 7 nitrogen and oxygen atoms in total. The van der Waals surface area contributed by atoms with Crippen LogP contribution in [-0.2, 0) is 19.9 Å². The van der Waals surface area contributed by atoms with Gasteiger partial charge in [-0.25, -0.2) is 21.6 Å². The quantitative estimate of drug-likeness (QED) is 0.736. The molecule has 0 bridgehead atoms. The van der Waals surface area contributed by atoms with Crippen LogP contribution in [0.5, 0.6) is 0 Å². The summed E-state index contributed by atoms with van der Waals surface area (Å²) in [5.74, 6) is -0.728. The van der Waals surface area contributed by atoms with E-state index in [1.807, 2.05) is 0 Å². The zero-order chi connectivity index (χ0) is 21.3. The maximum Gasteiger partial charge on any atom is 0.257 e. The van der Waals surface area contributed by atoms with E-state index in [1.54, 1.807) is 26.8 Å². The van der Waals surface area contributed by atoms with Crippen LogP contribution in [0.4, 0.5) is 5.69 Å². The average Bonchev–Trinajstić information content (AvgIpc) is 2.52. The van der Waals surface area contributed by atoms with Gasteiger partial charge in [0, 0.05) is 11.8 Å². The van der Waals surface area contributed by atoms with Crippen LogP contribution in [0.3, 0.4) is 0 Å². The van der Waals surface area contributed by atoms with Crippen molar-refractivity contribution in [2.75, 3.05) is 11.6 Å². The number of benzene rings is 2. The summed E-state index contributed by atoms with van der Waals surface area (Å²) in [4.78, 5) is 12.5. The van der Waals surface area contributed by atoms with E-state index in [2.05, 4.69) is 10.0 Å². The molecule has 152 valence electrons. The number of amides is 1. The van der Waals surface area contributed by atoms with E-state index >= 15 is 0 Å². The van der Waals surface area contributed by atoms with Gasteiger partial charge in [0.2, 0.25) is 10.0 Å². The van der Waals surface area contributed by atoms with Crippen molar-refractivity contribution in [3.8, 4) is 0 Å². The van der Waals surface area contributed by atoms with Crippen LogP contribution < -0.4 is 10.0 Å². The van der Waals surface area contributed by atoms with E-state index in [9.17, 15) is 21.6 Å². The van der Waals surface area contributed by atoms with E-state index < -0.39 is 31.3 Å². The number of rotatable bonds is 5. The molecule has 1 amide bonds. The number of hydrogen-bond donors (Lipinski definition) is 2. The van der Waals surface area contributed by atoms with Gasteiger partial charge in [0.1, 0.15) is 4.90 Å². The molecule has 0 unspecified atom stereocenters. The Morgan fingerprint density at radius 3 is 2.18 bits per heavy atom. The standard InChI is InChI=1S/C18H21ClN2O5S2/c1-18(2,3)21-28(25,26)16-8-6-5-7-15(16)20-17(22)13-11-12(27(4,23)24)9-10-14(13)19/h5-11,21H,1-4H3,(H,20,22). The highest BCUT2D eigenvalue weighted by molar-refractivity contribution is 7.90. The number of anilines is 1. The number of carbonyl (C=O) groups is 1. The number of carbonyl (C=O) groups excluding carboxylic acids is 1. The van der Waals surface area contributed by atoms with Gasteiger partial charge in [-0.2, -0.15) is 0 Å². The van der Waals surface area contributed by atoms with Crippen molar-refractivity contribution in [1.82, 2.24) is 4.72 Å². The fourth-order valence-corrected chi connectivity index (χ4v) is 4.79. The number of sulfonamides is 1. The minimum atomic E-state index is -3.91. The van der Waals surface area contributed by atoms with E-state index in [0.29, 0.717) is 0 Å². The Kier molecular flexibility index (Phi) is 6.25. The number of hydrogen-bond acceptors (Lipinski definition) is 5. The third kappa shape index (κ3) is 5.54. The number of sulfone groups is 1. The van der Waals surface area contributed by atoms with Crippen LogP contribution in [0.1, 0.15) is 31.1 Å². The molecule has 28 heavy (non-hydrogen) atoms. The molecule has 0 saturated heterocycles. The van der Waals surface area contributed by atoms with Gasteiger partial charge in [0.05, 0.1) is 21.2 Å². The molecule has 0 aromatic heterocycles. The second-order valence-corrected chi connectivity index (χ2v) is 11.3. The van der Waals surface area contributed by atoms with Gasteiger partial charge in [0.25, 0.3) is 5.91 Å². The summed E-state index contributed by atoms with van der Waals surface area (Å²) in [6.07, 6.45) is 1.01. The third-order valence-corrected chi connectivity index (χ3v) is 6.73. The molecular weight excluding hydrogens is 424 g/mol. The average molecular weight is 445 g/mol. The van der Waals surface area contributed by atoms with Gasteiger partial charge in [-0.15, -0.1) is 0 Å². The highest BCUT2D eigenvalue weighted by Crippen LogP contribution is 2.25. The maximum absolute atomic E-state index is 12.7. The minimum absolute atomic E-state index is 0.0399. The molecule has 0 spiro atoms. The SMILES string of the molecule is CC(C)(C)NS(=O)(=O)c1ccccc1NC(=O)c1cc(S(C)(=O)=O)ccc1Cl. The third-order valence-electron chi connectivity index (χ3n) is 3.48. The molecule has 0 saturated carbocycles. The summed E-state index contributed by atoms with van der Waals surface area (Å²) in [5.41, 5.74) is -0.756. The molecule has 2 aromatic carbocycles. The summed E-state index contributed by atoms with van der Waals surface area (Å²) in [6.45, 7) is 5.09. The zero-order valence-electron chi connectivity index (χ0n) is 15.8. The monoisotopic (exact) mass is 444 g/mol. The van der Waals surface area contributed by atoms with Crippen LogP contribution in [0.25, 0.3) is 0 Å². The van der Waals surface area contributed by atoms with Crippen LogP contribution >= 0.6 is 11.6 Å². The molecule has 10 heteroatoms. The molecule has 2 aromatic rings. The van der Waals surface area contributed by atoms with Gasteiger partial charge in [-0.05, 0) is 51.1 Å². The fourth-order valence-electron chi connectivity index (χ4n) is 2.36. The Bertz CT molecular complexity index is 1120.